The van der Waals surface area contributed by atoms with Crippen molar-refractivity contribution >= 4 is 23.5 Å². The fraction of sp³-hybridized carbons (Fsp3) is 0.758. The van der Waals surface area contributed by atoms with Gasteiger partial charge in [-0.3, -0.25) is 19.2 Å². The number of rotatable bonds is 13. The van der Waals surface area contributed by atoms with E-state index in [1.54, 1.807) is 19.9 Å². The summed E-state index contributed by atoms with van der Waals surface area (Å²) in [5.41, 5.74) is 2.83. The molecule has 9 atom stereocenters. The molecule has 1 saturated heterocycles. The molecule has 1 aliphatic heterocycles. The van der Waals surface area contributed by atoms with Crippen molar-refractivity contribution in [3.05, 3.63) is 33.7 Å². The quantitative estimate of drug-likeness (QED) is 0.124. The van der Waals surface area contributed by atoms with Gasteiger partial charge in [-0.1, -0.05) is 19.9 Å². The SMILES string of the molecule is CC1(C)O[C@@H]2C[C@H]3[C@@H]4CC(F)=C5CC(=O)C=C[C@]5(C)[C@H]4[C@@H](O)C[C@]3(C)[C@]2(C(=O)COC(=O)CCC(N)C(=O)OCCCCO[N+](=O)[O-])O1. The first-order valence-electron chi connectivity index (χ1n) is 16.5. The first-order valence-corrected chi connectivity index (χ1v) is 16.5. The van der Waals surface area contributed by atoms with Crippen LogP contribution < -0.4 is 5.73 Å². The second-order valence-electron chi connectivity index (χ2n) is 14.6. The van der Waals surface area contributed by atoms with E-state index < -0.39 is 69.9 Å². The van der Waals surface area contributed by atoms with Crippen LogP contribution in [0.1, 0.15) is 79.1 Å². The lowest BCUT2D eigenvalue weighted by Gasteiger charge is -2.59. The Kier molecular flexibility index (Phi) is 9.92. The number of Topliss-reactive ketones (excluding diaryl/α,β-unsaturated/α-hetero) is 1. The highest BCUT2D eigenvalue weighted by Crippen LogP contribution is 2.70. The zero-order valence-corrected chi connectivity index (χ0v) is 27.7. The van der Waals surface area contributed by atoms with Gasteiger partial charge in [0.25, 0.3) is 5.09 Å². The van der Waals surface area contributed by atoms with E-state index in [1.807, 2.05) is 13.8 Å². The van der Waals surface area contributed by atoms with Crippen LogP contribution in [0.2, 0.25) is 0 Å². The third-order valence-corrected chi connectivity index (χ3v) is 11.2. The Hall–Kier alpha value is -3.27. The highest BCUT2D eigenvalue weighted by Gasteiger charge is 2.77. The number of aliphatic hydroxyl groups excluding tert-OH is 1. The fourth-order valence-electron chi connectivity index (χ4n) is 9.24. The zero-order chi connectivity index (χ0) is 35.2. The van der Waals surface area contributed by atoms with E-state index in [1.165, 1.54) is 6.08 Å². The van der Waals surface area contributed by atoms with Crippen LogP contribution in [0.5, 0.6) is 0 Å². The minimum Gasteiger partial charge on any atom is -0.465 e. The number of esters is 2. The third kappa shape index (κ3) is 6.29. The van der Waals surface area contributed by atoms with Crippen LogP contribution in [0.3, 0.4) is 0 Å². The van der Waals surface area contributed by atoms with Gasteiger partial charge in [-0.05, 0) is 69.4 Å². The molecule has 0 aromatic heterocycles. The summed E-state index contributed by atoms with van der Waals surface area (Å²) in [6, 6.07) is -1.13. The molecule has 0 spiro atoms. The van der Waals surface area contributed by atoms with Gasteiger partial charge in [-0.2, -0.15) is 0 Å². The molecule has 0 amide bonds. The summed E-state index contributed by atoms with van der Waals surface area (Å²) < 4.78 is 38.9. The Morgan fingerprint density at radius 2 is 1.90 bits per heavy atom. The molecule has 0 radical (unpaired) electrons. The summed E-state index contributed by atoms with van der Waals surface area (Å²) in [5.74, 6) is -4.78. The number of carbonyl (C=O) groups excluding carboxylic acids is 4. The standard InChI is InChI=1S/C33H45FN2O12/c1-30(2)47-26-15-20-19-14-22(34)21-13-18(37)9-10-31(21,3)28(19)24(38)16-32(20,4)33(26,48-30)25(39)17-45-27(40)8-7-23(35)29(41)44-11-5-6-12-46-36(42)43/h9-10,19-20,23-24,26,28,38H,5-8,11-17,35H2,1-4H3/t19-,20-,23?,24-,26+,28+,31-,32-,33+/m0/s1. The van der Waals surface area contributed by atoms with Crippen LogP contribution >= 0.6 is 0 Å². The van der Waals surface area contributed by atoms with Gasteiger partial charge >= 0.3 is 11.9 Å². The number of carbonyl (C=O) groups is 4. The van der Waals surface area contributed by atoms with Crippen LogP contribution in [0.4, 0.5) is 4.39 Å². The van der Waals surface area contributed by atoms with Crippen molar-refractivity contribution in [3.8, 4) is 0 Å². The Bertz CT molecular complexity index is 1410. The second-order valence-corrected chi connectivity index (χ2v) is 14.6. The Balaban J connectivity index is 1.24. The number of allylic oxidation sites excluding steroid dienone is 4. The molecule has 5 rings (SSSR count). The van der Waals surface area contributed by atoms with Crippen LogP contribution in [-0.4, -0.2) is 83.2 Å². The number of hydrogen-bond acceptors (Lipinski definition) is 13. The van der Waals surface area contributed by atoms with Crippen LogP contribution in [0.15, 0.2) is 23.6 Å². The number of nitrogens with zero attached hydrogens (tertiary/aromatic N) is 1. The van der Waals surface area contributed by atoms with E-state index in [4.69, 9.17) is 24.7 Å². The predicted molar refractivity (Wildman–Crippen MR) is 163 cm³/mol. The number of fused-ring (bicyclic) bond motifs is 7. The maximum atomic E-state index is 15.8. The maximum absolute atomic E-state index is 15.8. The average molecular weight is 681 g/mol. The van der Waals surface area contributed by atoms with Gasteiger partial charge in [0, 0.05) is 36.0 Å². The lowest BCUT2D eigenvalue weighted by molar-refractivity contribution is -0.757. The second kappa shape index (κ2) is 13.2. The van der Waals surface area contributed by atoms with Crippen molar-refractivity contribution in [3.63, 3.8) is 0 Å². The van der Waals surface area contributed by atoms with E-state index in [0.29, 0.717) is 24.8 Å². The van der Waals surface area contributed by atoms with Gasteiger partial charge in [-0.15, -0.1) is 10.1 Å². The number of ketones is 2. The number of halogens is 1. The summed E-state index contributed by atoms with van der Waals surface area (Å²) in [7, 11) is 0. The maximum Gasteiger partial charge on any atom is 0.322 e. The molecule has 0 bridgehead atoms. The molecule has 3 fully saturated rings. The van der Waals surface area contributed by atoms with E-state index in [-0.39, 0.29) is 74.7 Å². The Morgan fingerprint density at radius 3 is 2.60 bits per heavy atom. The van der Waals surface area contributed by atoms with Crippen molar-refractivity contribution < 1.29 is 57.5 Å². The molecule has 4 aliphatic carbocycles. The molecule has 1 unspecified atom stereocenters. The summed E-state index contributed by atoms with van der Waals surface area (Å²) in [4.78, 5) is 65.6. The zero-order valence-electron chi connectivity index (χ0n) is 27.7. The van der Waals surface area contributed by atoms with Crippen LogP contribution in [0.25, 0.3) is 0 Å². The Morgan fingerprint density at radius 1 is 1.19 bits per heavy atom. The molecule has 266 valence electrons. The molecule has 5 aliphatic rings. The minimum atomic E-state index is -1.59. The van der Waals surface area contributed by atoms with Crippen molar-refractivity contribution in [1.29, 1.82) is 0 Å². The molecule has 2 saturated carbocycles. The normalized spacial score (nSPS) is 36.7. The van der Waals surface area contributed by atoms with Crippen molar-refractivity contribution in [1.82, 2.24) is 0 Å². The Labute approximate surface area is 277 Å². The monoisotopic (exact) mass is 680 g/mol. The summed E-state index contributed by atoms with van der Waals surface area (Å²) >= 11 is 0. The van der Waals surface area contributed by atoms with Crippen LogP contribution in [0, 0.1) is 38.7 Å². The van der Waals surface area contributed by atoms with E-state index in [2.05, 4.69) is 4.84 Å². The van der Waals surface area contributed by atoms with Crippen LogP contribution in [-0.2, 0) is 43.0 Å². The van der Waals surface area contributed by atoms with Gasteiger partial charge < -0.3 is 34.6 Å². The first-order chi connectivity index (χ1) is 22.4. The summed E-state index contributed by atoms with van der Waals surface area (Å²) in [6.07, 6.45) is 2.27. The highest BCUT2D eigenvalue weighted by atomic mass is 19.1. The molecule has 0 aromatic rings. The lowest BCUT2D eigenvalue weighted by atomic mass is 9.46. The number of hydrogen-bond donors (Lipinski definition) is 2. The van der Waals surface area contributed by atoms with Crippen molar-refractivity contribution in [2.75, 3.05) is 19.8 Å². The molecular formula is C33H45FN2O12. The summed E-state index contributed by atoms with van der Waals surface area (Å²) in [6.45, 7) is 6.31. The molecule has 0 aromatic carbocycles. The third-order valence-electron chi connectivity index (χ3n) is 11.2. The molecule has 48 heavy (non-hydrogen) atoms. The fourth-order valence-corrected chi connectivity index (χ4v) is 9.24. The molecule has 1 heterocycles. The van der Waals surface area contributed by atoms with Gasteiger partial charge in [0.05, 0.1) is 25.4 Å². The average Bonchev–Trinajstić information content (AvgIpc) is 3.42. The van der Waals surface area contributed by atoms with Gasteiger partial charge in [0.2, 0.25) is 5.78 Å². The minimum absolute atomic E-state index is 0.0238. The van der Waals surface area contributed by atoms with Crippen molar-refractivity contribution in [2.45, 2.75) is 109 Å². The molecule has 3 N–H and O–H groups in total. The predicted octanol–water partition coefficient (Wildman–Crippen LogP) is 2.81. The number of unbranched alkanes of at least 4 members (excludes halogenated alkanes) is 1. The van der Waals surface area contributed by atoms with E-state index in [0.717, 1.165) is 0 Å². The smallest absolute Gasteiger partial charge is 0.322 e. The topological polar surface area (TPSA) is 204 Å². The van der Waals surface area contributed by atoms with E-state index >= 15 is 4.39 Å². The largest absolute Gasteiger partial charge is 0.465 e. The number of nitrogens with two attached hydrogens (primary N) is 1. The number of ether oxygens (including phenoxy) is 4. The molecular weight excluding hydrogens is 635 g/mol. The van der Waals surface area contributed by atoms with Gasteiger partial charge in [0.15, 0.2) is 23.8 Å². The van der Waals surface area contributed by atoms with Gasteiger partial charge in [0.1, 0.15) is 11.9 Å². The van der Waals surface area contributed by atoms with E-state index in [9.17, 15) is 34.4 Å². The molecule has 15 heteroatoms. The van der Waals surface area contributed by atoms with Crippen molar-refractivity contribution in [2.24, 2.45) is 34.3 Å². The number of aliphatic hydroxyl groups is 1. The summed E-state index contributed by atoms with van der Waals surface area (Å²) in [5, 5.41) is 21.0. The highest BCUT2D eigenvalue weighted by molar-refractivity contribution is 5.94. The molecule has 14 nitrogen and oxygen atoms in total. The lowest BCUT2D eigenvalue weighted by Crippen LogP contribution is -2.64. The first kappa shape index (κ1) is 36.0. The van der Waals surface area contributed by atoms with Gasteiger partial charge in [-0.25, -0.2) is 4.39 Å².